The number of alkyl halides is 3. The molecule has 0 N–H and O–H groups in total. The van der Waals surface area contributed by atoms with Crippen LogP contribution in [0.4, 0.5) is 13.2 Å². The number of rotatable bonds is 2. The molecule has 2 aromatic rings. The molecule has 1 aliphatic heterocycles. The number of carbonyl (C=O) groups is 1. The quantitative estimate of drug-likeness (QED) is 0.800. The summed E-state index contributed by atoms with van der Waals surface area (Å²) in [5.74, 6) is -0.644. The maximum absolute atomic E-state index is 13.4. The van der Waals surface area contributed by atoms with E-state index in [-0.39, 0.29) is 35.2 Å². The fraction of sp³-hybridized carbons (Fsp3) is 0.412. The zero-order valence-electron chi connectivity index (χ0n) is 13.7. The molecular formula is C17H17F3N2O2S. The molecule has 1 amide bonds. The monoisotopic (exact) mass is 370 g/mol. The Kier molecular flexibility index (Phi) is 4.83. The van der Waals surface area contributed by atoms with Gasteiger partial charge in [0.05, 0.1) is 12.2 Å². The Bertz CT molecular complexity index is 751. The van der Waals surface area contributed by atoms with Crippen LogP contribution in [0.25, 0.3) is 10.6 Å². The van der Waals surface area contributed by atoms with E-state index in [4.69, 9.17) is 4.74 Å². The van der Waals surface area contributed by atoms with Crippen molar-refractivity contribution in [3.63, 3.8) is 0 Å². The molecule has 2 atom stereocenters. The molecule has 1 saturated heterocycles. The molecule has 1 aromatic heterocycles. The average molecular weight is 370 g/mol. The smallest absolute Gasteiger partial charge is 0.372 e. The van der Waals surface area contributed by atoms with Crippen LogP contribution < -0.4 is 0 Å². The van der Waals surface area contributed by atoms with Crippen LogP contribution >= 0.6 is 11.3 Å². The van der Waals surface area contributed by atoms with Gasteiger partial charge in [-0.3, -0.25) is 4.79 Å². The lowest BCUT2D eigenvalue weighted by Gasteiger charge is -2.35. The third-order valence-electron chi connectivity index (χ3n) is 3.82. The Balaban J connectivity index is 1.99. The summed E-state index contributed by atoms with van der Waals surface area (Å²) >= 11 is 0.781. The zero-order valence-corrected chi connectivity index (χ0v) is 14.5. The van der Waals surface area contributed by atoms with Gasteiger partial charge in [-0.1, -0.05) is 30.3 Å². The molecule has 8 heteroatoms. The molecule has 0 saturated carbocycles. The number of hydrogen-bond acceptors (Lipinski definition) is 4. The maximum Gasteiger partial charge on any atom is 0.435 e. The van der Waals surface area contributed by atoms with Crippen LogP contribution in [0, 0.1) is 0 Å². The van der Waals surface area contributed by atoms with Crippen molar-refractivity contribution in [2.24, 2.45) is 0 Å². The van der Waals surface area contributed by atoms with Gasteiger partial charge in [-0.05, 0) is 13.8 Å². The van der Waals surface area contributed by atoms with Crippen LogP contribution in [0.15, 0.2) is 30.3 Å². The van der Waals surface area contributed by atoms with E-state index < -0.39 is 17.8 Å². The van der Waals surface area contributed by atoms with E-state index in [2.05, 4.69) is 4.98 Å². The Morgan fingerprint density at radius 1 is 1.20 bits per heavy atom. The highest BCUT2D eigenvalue weighted by molar-refractivity contribution is 7.17. The molecule has 2 heterocycles. The van der Waals surface area contributed by atoms with Gasteiger partial charge in [0.15, 0.2) is 5.69 Å². The van der Waals surface area contributed by atoms with Gasteiger partial charge in [-0.15, -0.1) is 11.3 Å². The fourth-order valence-electron chi connectivity index (χ4n) is 2.85. The minimum absolute atomic E-state index is 0.186. The van der Waals surface area contributed by atoms with Gasteiger partial charge in [0.1, 0.15) is 9.88 Å². The predicted molar refractivity (Wildman–Crippen MR) is 88.5 cm³/mol. The van der Waals surface area contributed by atoms with Crippen LogP contribution in [0.3, 0.4) is 0 Å². The van der Waals surface area contributed by atoms with Gasteiger partial charge in [0.2, 0.25) is 0 Å². The van der Waals surface area contributed by atoms with Gasteiger partial charge in [-0.25, -0.2) is 4.98 Å². The van der Waals surface area contributed by atoms with Crippen molar-refractivity contribution in [1.82, 2.24) is 9.88 Å². The average Bonchev–Trinajstić information content (AvgIpc) is 2.99. The summed E-state index contributed by atoms with van der Waals surface area (Å²) in [4.78, 5) is 17.5. The third-order valence-corrected chi connectivity index (χ3v) is 4.91. The second kappa shape index (κ2) is 6.76. The van der Waals surface area contributed by atoms with Crippen LogP contribution in [-0.2, 0) is 10.9 Å². The molecule has 0 spiro atoms. The highest BCUT2D eigenvalue weighted by Crippen LogP contribution is 2.38. The molecule has 0 radical (unpaired) electrons. The molecule has 1 aliphatic rings. The van der Waals surface area contributed by atoms with E-state index in [1.54, 1.807) is 44.2 Å². The van der Waals surface area contributed by atoms with Crippen molar-refractivity contribution < 1.29 is 22.7 Å². The molecular weight excluding hydrogens is 353 g/mol. The van der Waals surface area contributed by atoms with Gasteiger partial charge in [0, 0.05) is 18.7 Å². The first-order chi connectivity index (χ1) is 11.8. The highest BCUT2D eigenvalue weighted by atomic mass is 32.1. The number of amides is 1. The first kappa shape index (κ1) is 17.9. The molecule has 0 bridgehead atoms. The minimum atomic E-state index is -4.68. The SMILES string of the molecule is CC1CN(C(=O)c2sc(-c3ccccc3)nc2C(F)(F)F)CC(C)O1. The predicted octanol–water partition coefficient (Wildman–Crippen LogP) is 4.08. The van der Waals surface area contributed by atoms with Crippen molar-refractivity contribution in [2.45, 2.75) is 32.2 Å². The van der Waals surface area contributed by atoms with Gasteiger partial charge in [-0.2, -0.15) is 13.2 Å². The molecule has 25 heavy (non-hydrogen) atoms. The standard InChI is InChI=1S/C17H17F3N2O2S/c1-10-8-22(9-11(2)24-10)16(23)13-14(17(18,19)20)21-15(25-13)12-6-4-3-5-7-12/h3-7,10-11H,8-9H2,1-2H3. The maximum atomic E-state index is 13.4. The van der Waals surface area contributed by atoms with Gasteiger partial charge < -0.3 is 9.64 Å². The van der Waals surface area contributed by atoms with Crippen molar-refractivity contribution in [1.29, 1.82) is 0 Å². The molecule has 3 rings (SSSR count). The van der Waals surface area contributed by atoms with E-state index in [9.17, 15) is 18.0 Å². The summed E-state index contributed by atoms with van der Waals surface area (Å²) in [5, 5.41) is 0.186. The van der Waals surface area contributed by atoms with Crippen molar-refractivity contribution in [2.75, 3.05) is 13.1 Å². The summed E-state index contributed by atoms with van der Waals surface area (Å²) in [6.45, 7) is 4.11. The molecule has 1 fully saturated rings. The second-order valence-corrected chi connectivity index (χ2v) is 7.03. The van der Waals surface area contributed by atoms with E-state index in [1.165, 1.54) is 4.90 Å². The number of carbonyl (C=O) groups excluding carboxylic acids is 1. The minimum Gasteiger partial charge on any atom is -0.372 e. The molecule has 0 aliphatic carbocycles. The zero-order chi connectivity index (χ0) is 18.2. The Labute approximate surface area is 147 Å². The molecule has 1 aromatic carbocycles. The number of benzene rings is 1. The Morgan fingerprint density at radius 2 is 1.80 bits per heavy atom. The number of thiazole rings is 1. The number of nitrogens with zero attached hydrogens (tertiary/aromatic N) is 2. The second-order valence-electron chi connectivity index (χ2n) is 6.03. The van der Waals surface area contributed by atoms with Crippen LogP contribution in [0.1, 0.15) is 29.2 Å². The summed E-state index contributed by atoms with van der Waals surface area (Å²) in [6.07, 6.45) is -5.12. The van der Waals surface area contributed by atoms with Crippen LogP contribution in [-0.4, -0.2) is 41.1 Å². The first-order valence-corrected chi connectivity index (χ1v) is 8.65. The lowest BCUT2D eigenvalue weighted by molar-refractivity contribution is -0.141. The number of aromatic nitrogens is 1. The number of halogens is 3. The number of ether oxygens (including phenoxy) is 1. The molecule has 4 nitrogen and oxygen atoms in total. The normalized spacial score (nSPS) is 21.4. The summed E-state index contributed by atoms with van der Waals surface area (Å²) in [5.41, 5.74) is -0.561. The largest absolute Gasteiger partial charge is 0.435 e. The first-order valence-electron chi connectivity index (χ1n) is 7.84. The third kappa shape index (κ3) is 3.85. The molecule has 2 unspecified atom stereocenters. The lowest BCUT2D eigenvalue weighted by Crippen LogP contribution is -2.48. The van der Waals surface area contributed by atoms with Crippen LogP contribution in [0.5, 0.6) is 0 Å². The highest BCUT2D eigenvalue weighted by Gasteiger charge is 2.41. The number of morpholine rings is 1. The van der Waals surface area contributed by atoms with E-state index >= 15 is 0 Å². The number of hydrogen-bond donors (Lipinski definition) is 0. The fourth-order valence-corrected chi connectivity index (χ4v) is 3.91. The van der Waals surface area contributed by atoms with Crippen molar-refractivity contribution in [3.8, 4) is 10.6 Å². The van der Waals surface area contributed by atoms with E-state index in [0.717, 1.165) is 11.3 Å². The Morgan fingerprint density at radius 3 is 2.36 bits per heavy atom. The van der Waals surface area contributed by atoms with Gasteiger partial charge in [0.25, 0.3) is 5.91 Å². The summed E-state index contributed by atoms with van der Waals surface area (Å²) < 4.78 is 45.8. The van der Waals surface area contributed by atoms with E-state index in [1.807, 2.05) is 0 Å². The molecule has 134 valence electrons. The Hall–Kier alpha value is -1.93. The van der Waals surface area contributed by atoms with Crippen LogP contribution in [0.2, 0.25) is 0 Å². The van der Waals surface area contributed by atoms with Crippen molar-refractivity contribution in [3.05, 3.63) is 40.9 Å². The van der Waals surface area contributed by atoms with Gasteiger partial charge >= 0.3 is 6.18 Å². The topological polar surface area (TPSA) is 42.4 Å². The summed E-state index contributed by atoms with van der Waals surface area (Å²) in [6, 6.07) is 8.55. The summed E-state index contributed by atoms with van der Waals surface area (Å²) in [7, 11) is 0. The van der Waals surface area contributed by atoms with Crippen molar-refractivity contribution >= 4 is 17.2 Å². The lowest BCUT2D eigenvalue weighted by atomic mass is 10.2. The van der Waals surface area contributed by atoms with E-state index in [0.29, 0.717) is 5.56 Å².